The van der Waals surface area contributed by atoms with E-state index in [4.69, 9.17) is 0 Å². The summed E-state index contributed by atoms with van der Waals surface area (Å²) in [5, 5.41) is 11.5. The molecule has 1 unspecified atom stereocenters. The smallest absolute Gasteiger partial charge is 0.233 e. The van der Waals surface area contributed by atoms with Crippen LogP contribution in [0.3, 0.4) is 0 Å². The number of nitrogens with zero attached hydrogens (tertiary/aromatic N) is 3. The Hall–Kier alpha value is -2.67. The highest BCUT2D eigenvalue weighted by Gasteiger charge is 2.22. The van der Waals surface area contributed by atoms with Gasteiger partial charge in [-0.15, -0.1) is 10.2 Å². The zero-order valence-electron chi connectivity index (χ0n) is 15.2. The zero-order chi connectivity index (χ0) is 19.2. The summed E-state index contributed by atoms with van der Waals surface area (Å²) >= 11 is 1.33. The van der Waals surface area contributed by atoms with Gasteiger partial charge in [0.1, 0.15) is 5.82 Å². The Balaban J connectivity index is 1.69. The number of carbonyl (C=O) groups is 1. The zero-order valence-corrected chi connectivity index (χ0v) is 16.0. The Labute approximate surface area is 162 Å². The molecular weight excluding hydrogens is 363 g/mol. The van der Waals surface area contributed by atoms with E-state index in [9.17, 15) is 9.18 Å². The quantitative estimate of drug-likeness (QED) is 0.630. The van der Waals surface area contributed by atoms with Gasteiger partial charge in [-0.1, -0.05) is 61.2 Å². The highest BCUT2D eigenvalue weighted by Crippen LogP contribution is 2.28. The lowest BCUT2D eigenvalue weighted by molar-refractivity contribution is -0.120. The molecule has 3 rings (SSSR count). The first-order valence-corrected chi connectivity index (χ1v) is 9.60. The first-order chi connectivity index (χ1) is 13.1. The van der Waals surface area contributed by atoms with Crippen molar-refractivity contribution >= 4 is 17.7 Å². The van der Waals surface area contributed by atoms with Crippen LogP contribution in [-0.4, -0.2) is 25.9 Å². The average molecular weight is 384 g/mol. The summed E-state index contributed by atoms with van der Waals surface area (Å²) in [6.07, 6.45) is 0.646. The van der Waals surface area contributed by atoms with E-state index in [-0.39, 0.29) is 17.0 Å². The van der Waals surface area contributed by atoms with E-state index in [2.05, 4.69) is 15.5 Å². The van der Waals surface area contributed by atoms with Gasteiger partial charge in [-0.05, 0) is 24.1 Å². The van der Waals surface area contributed by atoms with Gasteiger partial charge in [0.15, 0.2) is 11.0 Å². The highest BCUT2D eigenvalue weighted by atomic mass is 32.2. The molecule has 1 atom stereocenters. The summed E-state index contributed by atoms with van der Waals surface area (Å²) in [5.41, 5.74) is 1.44. The Morgan fingerprint density at radius 3 is 2.56 bits per heavy atom. The molecule has 0 aliphatic carbocycles. The Morgan fingerprint density at radius 2 is 1.85 bits per heavy atom. The number of halogens is 1. The third-order valence-electron chi connectivity index (χ3n) is 4.17. The van der Waals surface area contributed by atoms with Gasteiger partial charge in [-0.3, -0.25) is 4.79 Å². The normalized spacial score (nSPS) is 12.0. The number of thioether (sulfide) groups is 1. The van der Waals surface area contributed by atoms with Crippen LogP contribution in [0, 0.1) is 5.82 Å². The van der Waals surface area contributed by atoms with E-state index in [1.54, 1.807) is 29.8 Å². The van der Waals surface area contributed by atoms with Crippen LogP contribution in [-0.2, 0) is 18.4 Å². The Bertz CT molecular complexity index is 913. The van der Waals surface area contributed by atoms with Crippen molar-refractivity contribution in [2.24, 2.45) is 7.05 Å². The van der Waals surface area contributed by atoms with Crippen LogP contribution in [0.5, 0.6) is 0 Å². The largest absolute Gasteiger partial charge is 0.351 e. The molecule has 1 amide bonds. The standard InChI is InChI=1S/C20H21FN4OS/c1-3-17(19(26)22-13-14-9-5-4-6-10-14)27-20-24-23-18(25(20)2)15-11-7-8-12-16(15)21/h4-12,17H,3,13H2,1-2H3,(H,22,26). The molecule has 0 saturated carbocycles. The lowest BCUT2D eigenvalue weighted by Crippen LogP contribution is -2.32. The van der Waals surface area contributed by atoms with Crippen molar-refractivity contribution in [3.05, 3.63) is 66.0 Å². The Kier molecular flexibility index (Phi) is 6.24. The van der Waals surface area contributed by atoms with Crippen LogP contribution in [0.25, 0.3) is 11.4 Å². The fourth-order valence-corrected chi connectivity index (χ4v) is 3.59. The van der Waals surface area contributed by atoms with Crippen LogP contribution in [0.1, 0.15) is 18.9 Å². The second-order valence-corrected chi connectivity index (χ2v) is 7.23. The summed E-state index contributed by atoms with van der Waals surface area (Å²) in [5.74, 6) is 0.0362. The van der Waals surface area contributed by atoms with Crippen LogP contribution in [0.2, 0.25) is 0 Å². The van der Waals surface area contributed by atoms with Gasteiger partial charge in [0.2, 0.25) is 5.91 Å². The molecule has 0 aliphatic heterocycles. The van der Waals surface area contributed by atoms with Gasteiger partial charge in [-0.25, -0.2) is 4.39 Å². The molecule has 0 fully saturated rings. The topological polar surface area (TPSA) is 59.8 Å². The van der Waals surface area contributed by atoms with Crippen molar-refractivity contribution in [1.82, 2.24) is 20.1 Å². The van der Waals surface area contributed by atoms with Crippen molar-refractivity contribution < 1.29 is 9.18 Å². The maximum atomic E-state index is 14.0. The second kappa shape index (κ2) is 8.81. The van der Waals surface area contributed by atoms with Crippen molar-refractivity contribution in [3.8, 4) is 11.4 Å². The van der Waals surface area contributed by atoms with E-state index in [1.165, 1.54) is 17.8 Å². The van der Waals surface area contributed by atoms with E-state index in [0.29, 0.717) is 29.5 Å². The molecule has 1 N–H and O–H groups in total. The fraction of sp³-hybridized carbons (Fsp3) is 0.250. The van der Waals surface area contributed by atoms with Gasteiger partial charge in [0, 0.05) is 13.6 Å². The number of rotatable bonds is 7. The van der Waals surface area contributed by atoms with E-state index in [1.807, 2.05) is 37.3 Å². The first-order valence-electron chi connectivity index (χ1n) is 8.72. The van der Waals surface area contributed by atoms with E-state index < -0.39 is 0 Å². The molecule has 27 heavy (non-hydrogen) atoms. The minimum Gasteiger partial charge on any atom is -0.351 e. The third kappa shape index (κ3) is 4.54. The molecule has 2 aromatic carbocycles. The van der Waals surface area contributed by atoms with Crippen molar-refractivity contribution in [1.29, 1.82) is 0 Å². The molecule has 0 bridgehead atoms. The number of nitrogens with one attached hydrogen (secondary N) is 1. The van der Waals surface area contributed by atoms with E-state index in [0.717, 1.165) is 5.56 Å². The molecule has 3 aromatic rings. The number of benzene rings is 2. The van der Waals surface area contributed by atoms with E-state index >= 15 is 0 Å². The minimum atomic E-state index is -0.350. The third-order valence-corrected chi connectivity index (χ3v) is 5.57. The first kappa shape index (κ1) is 19.1. The maximum absolute atomic E-state index is 14.0. The molecule has 0 radical (unpaired) electrons. The molecular formula is C20H21FN4OS. The number of hydrogen-bond donors (Lipinski definition) is 1. The van der Waals surface area contributed by atoms with Gasteiger partial charge in [0.25, 0.3) is 0 Å². The summed E-state index contributed by atoms with van der Waals surface area (Å²) in [7, 11) is 1.78. The second-order valence-electron chi connectivity index (χ2n) is 6.06. The molecule has 7 heteroatoms. The Morgan fingerprint density at radius 1 is 1.15 bits per heavy atom. The maximum Gasteiger partial charge on any atom is 0.233 e. The van der Waals surface area contributed by atoms with Gasteiger partial charge in [0.05, 0.1) is 10.8 Å². The van der Waals surface area contributed by atoms with Crippen LogP contribution < -0.4 is 5.32 Å². The van der Waals surface area contributed by atoms with Crippen molar-refractivity contribution in [3.63, 3.8) is 0 Å². The van der Waals surface area contributed by atoms with Crippen LogP contribution >= 0.6 is 11.8 Å². The summed E-state index contributed by atoms with van der Waals surface area (Å²) < 4.78 is 15.7. The molecule has 1 heterocycles. The average Bonchev–Trinajstić information content (AvgIpc) is 3.05. The summed E-state index contributed by atoms with van der Waals surface area (Å²) in [6, 6.07) is 16.2. The predicted molar refractivity (Wildman–Crippen MR) is 105 cm³/mol. The van der Waals surface area contributed by atoms with Gasteiger partial charge >= 0.3 is 0 Å². The van der Waals surface area contributed by atoms with Crippen LogP contribution in [0.15, 0.2) is 59.8 Å². The summed E-state index contributed by atoms with van der Waals surface area (Å²) in [6.45, 7) is 2.43. The predicted octanol–water partition coefficient (Wildman–Crippen LogP) is 3.81. The molecule has 0 saturated heterocycles. The number of hydrogen-bond acceptors (Lipinski definition) is 4. The number of amides is 1. The van der Waals surface area contributed by atoms with Crippen molar-refractivity contribution in [2.45, 2.75) is 30.3 Å². The lowest BCUT2D eigenvalue weighted by Gasteiger charge is -2.14. The molecule has 0 spiro atoms. The number of aromatic nitrogens is 3. The highest BCUT2D eigenvalue weighted by molar-refractivity contribution is 8.00. The monoisotopic (exact) mass is 384 g/mol. The van der Waals surface area contributed by atoms with Crippen LogP contribution in [0.4, 0.5) is 4.39 Å². The molecule has 5 nitrogen and oxygen atoms in total. The SMILES string of the molecule is CCC(Sc1nnc(-c2ccccc2F)n1C)C(=O)NCc1ccccc1. The molecule has 0 aliphatic rings. The minimum absolute atomic E-state index is 0.0539. The molecule has 140 valence electrons. The van der Waals surface area contributed by atoms with Gasteiger partial charge in [-0.2, -0.15) is 0 Å². The fourth-order valence-electron chi connectivity index (χ4n) is 2.64. The van der Waals surface area contributed by atoms with Gasteiger partial charge < -0.3 is 9.88 Å². The number of carbonyl (C=O) groups excluding carboxylic acids is 1. The lowest BCUT2D eigenvalue weighted by atomic mass is 10.2. The summed E-state index contributed by atoms with van der Waals surface area (Å²) in [4.78, 5) is 12.5. The van der Waals surface area contributed by atoms with Crippen molar-refractivity contribution in [2.75, 3.05) is 0 Å². The molecule has 1 aromatic heterocycles.